The first-order valence-corrected chi connectivity index (χ1v) is 14.9. The smallest absolute Gasteiger partial charge is 0.0206 e. The molecule has 0 bridgehead atoms. The highest BCUT2D eigenvalue weighted by molar-refractivity contribution is 6.27. The van der Waals surface area contributed by atoms with Crippen LogP contribution in [0.3, 0.4) is 0 Å². The molecule has 0 aliphatic heterocycles. The molecule has 0 saturated heterocycles. The first-order chi connectivity index (χ1) is 19.9. The van der Waals surface area contributed by atoms with Crippen LogP contribution in [0.1, 0.15) is 47.9 Å². The summed E-state index contributed by atoms with van der Waals surface area (Å²) >= 11 is 0. The van der Waals surface area contributed by atoms with Crippen LogP contribution < -0.4 is 0 Å². The second kappa shape index (κ2) is 7.61. The van der Waals surface area contributed by atoms with Crippen molar-refractivity contribution in [3.05, 3.63) is 143 Å². The minimum Gasteiger partial charge on any atom is -0.0839 e. The van der Waals surface area contributed by atoms with E-state index in [1.807, 2.05) is 0 Å². The number of hydrogen-bond donors (Lipinski definition) is 0. The van der Waals surface area contributed by atoms with Gasteiger partial charge in [0.05, 0.1) is 0 Å². The van der Waals surface area contributed by atoms with Gasteiger partial charge >= 0.3 is 0 Å². The van der Waals surface area contributed by atoms with E-state index >= 15 is 0 Å². The summed E-state index contributed by atoms with van der Waals surface area (Å²) in [4.78, 5) is 0. The maximum absolute atomic E-state index is 2.59. The lowest BCUT2D eigenvalue weighted by Gasteiger charge is -2.34. The Balaban J connectivity index is 1.39. The Hall–Kier alpha value is -4.42. The van der Waals surface area contributed by atoms with Gasteiger partial charge in [-0.2, -0.15) is 0 Å². The first kappa shape index (κ1) is 21.4. The fraction of sp³-hybridized carbons (Fsp3) is 0.150. The SMILES string of the molecule is C1=CC2C3=C(C=C4c5c(cc6cc7c8c(cccc8c6c5-c5ccccc5)C5=C7CCC=C5)C(=C1)C42)CCC=C3. The van der Waals surface area contributed by atoms with Crippen molar-refractivity contribution < 1.29 is 0 Å². The van der Waals surface area contributed by atoms with Crippen LogP contribution in [0, 0.1) is 11.8 Å². The topological polar surface area (TPSA) is 0 Å². The minimum atomic E-state index is 0.410. The van der Waals surface area contributed by atoms with Gasteiger partial charge in [0.25, 0.3) is 0 Å². The molecule has 188 valence electrons. The van der Waals surface area contributed by atoms with E-state index in [9.17, 15) is 0 Å². The third kappa shape index (κ3) is 2.58. The van der Waals surface area contributed by atoms with Crippen molar-refractivity contribution in [3.8, 4) is 11.1 Å². The predicted molar refractivity (Wildman–Crippen MR) is 170 cm³/mol. The van der Waals surface area contributed by atoms with E-state index in [0.717, 1.165) is 25.7 Å². The zero-order valence-electron chi connectivity index (χ0n) is 22.4. The quantitative estimate of drug-likeness (QED) is 0.224. The lowest BCUT2D eigenvalue weighted by atomic mass is 9.69. The van der Waals surface area contributed by atoms with E-state index in [-0.39, 0.29) is 0 Å². The van der Waals surface area contributed by atoms with E-state index in [2.05, 4.69) is 109 Å². The Labute approximate surface area is 234 Å². The molecule has 4 aromatic carbocycles. The van der Waals surface area contributed by atoms with E-state index < -0.39 is 0 Å². The number of fused-ring (bicyclic) bond motifs is 8. The molecule has 0 amide bonds. The van der Waals surface area contributed by atoms with Gasteiger partial charge in [0.15, 0.2) is 0 Å². The summed E-state index contributed by atoms with van der Waals surface area (Å²) in [7, 11) is 0. The number of benzene rings is 4. The van der Waals surface area contributed by atoms with Crippen LogP contribution in [0.4, 0.5) is 0 Å². The molecule has 0 radical (unpaired) electrons. The number of hydrogen-bond acceptors (Lipinski definition) is 0. The van der Waals surface area contributed by atoms with Gasteiger partial charge in [-0.3, -0.25) is 0 Å². The van der Waals surface area contributed by atoms with Crippen molar-refractivity contribution in [2.75, 3.05) is 0 Å². The summed E-state index contributed by atoms with van der Waals surface area (Å²) < 4.78 is 0. The maximum Gasteiger partial charge on any atom is 0.0206 e. The molecule has 0 fully saturated rings. The standard InChI is InChI=1S/C40H28/c1-2-10-23(11-3-1)37-36-25(21-33-28-15-7-6-14-27(28)30-17-9-19-32(36)39(30)33)22-34-31-18-8-16-29-26-13-5-4-12-24(26)20-35(38(29)31)40(34)37/h1-3,5-6,8-11,13-14,16-22,29,38H,4,7,12,15H2. The molecule has 0 aromatic heterocycles. The van der Waals surface area contributed by atoms with Crippen LogP contribution in [0.25, 0.3) is 55.0 Å². The molecule has 6 aliphatic rings. The van der Waals surface area contributed by atoms with Crippen molar-refractivity contribution in [2.45, 2.75) is 25.7 Å². The summed E-state index contributed by atoms with van der Waals surface area (Å²) in [5.41, 5.74) is 17.7. The second-order valence-corrected chi connectivity index (χ2v) is 12.2. The highest BCUT2D eigenvalue weighted by Gasteiger charge is 2.43. The zero-order valence-corrected chi connectivity index (χ0v) is 22.4. The Bertz CT molecular complexity index is 2080. The van der Waals surface area contributed by atoms with E-state index in [1.165, 1.54) is 82.8 Å². The average Bonchev–Trinajstić information content (AvgIpc) is 3.51. The fourth-order valence-corrected chi connectivity index (χ4v) is 8.74. The molecule has 0 heterocycles. The van der Waals surface area contributed by atoms with Crippen LogP contribution in [-0.2, 0) is 0 Å². The Kier molecular flexibility index (Phi) is 4.07. The van der Waals surface area contributed by atoms with Crippen LogP contribution in [0.2, 0.25) is 0 Å². The highest BCUT2D eigenvalue weighted by atomic mass is 14.5. The molecule has 6 aliphatic carbocycles. The van der Waals surface area contributed by atoms with E-state index in [4.69, 9.17) is 0 Å². The van der Waals surface area contributed by atoms with Gasteiger partial charge in [0, 0.05) is 11.8 Å². The molecule has 0 heteroatoms. The molecule has 4 aromatic rings. The van der Waals surface area contributed by atoms with E-state index in [0.29, 0.717) is 11.8 Å². The lowest BCUT2D eigenvalue weighted by Crippen LogP contribution is -2.21. The normalized spacial score (nSPS) is 22.9. The molecule has 10 rings (SSSR count). The number of rotatable bonds is 1. The van der Waals surface area contributed by atoms with Crippen molar-refractivity contribution in [1.82, 2.24) is 0 Å². The van der Waals surface area contributed by atoms with Crippen LogP contribution >= 0.6 is 0 Å². The van der Waals surface area contributed by atoms with Crippen LogP contribution in [0.5, 0.6) is 0 Å². The van der Waals surface area contributed by atoms with Crippen molar-refractivity contribution in [3.63, 3.8) is 0 Å². The average molecular weight is 509 g/mol. The highest BCUT2D eigenvalue weighted by Crippen LogP contribution is 2.60. The largest absolute Gasteiger partial charge is 0.0839 e. The first-order valence-electron chi connectivity index (χ1n) is 14.9. The molecule has 0 N–H and O–H groups in total. The summed E-state index contributed by atoms with van der Waals surface area (Å²) in [5, 5.41) is 5.66. The molecule has 0 saturated carbocycles. The summed E-state index contributed by atoms with van der Waals surface area (Å²) in [6, 6.07) is 23.3. The lowest BCUT2D eigenvalue weighted by molar-refractivity contribution is 0.660. The summed E-state index contributed by atoms with van der Waals surface area (Å²) in [5.74, 6) is 0.845. The third-order valence-corrected chi connectivity index (χ3v) is 10.3. The fourth-order valence-electron chi connectivity index (χ4n) is 8.74. The Morgan fingerprint density at radius 3 is 2.52 bits per heavy atom. The van der Waals surface area contributed by atoms with Gasteiger partial charge in [0.1, 0.15) is 0 Å². The van der Waals surface area contributed by atoms with Crippen molar-refractivity contribution >= 4 is 43.8 Å². The monoisotopic (exact) mass is 508 g/mol. The van der Waals surface area contributed by atoms with Gasteiger partial charge in [-0.1, -0.05) is 97.1 Å². The zero-order chi connectivity index (χ0) is 25.9. The van der Waals surface area contributed by atoms with Gasteiger partial charge in [0.2, 0.25) is 0 Å². The number of allylic oxidation sites excluding steroid dienone is 14. The molecular weight excluding hydrogens is 480 g/mol. The van der Waals surface area contributed by atoms with Crippen LogP contribution in [-0.4, -0.2) is 0 Å². The molecular formula is C40H28. The van der Waals surface area contributed by atoms with Gasteiger partial charge in [-0.25, -0.2) is 0 Å². The summed E-state index contributed by atoms with van der Waals surface area (Å²) in [6.07, 6.45) is 23.9. The molecule has 2 unspecified atom stereocenters. The molecule has 2 atom stereocenters. The van der Waals surface area contributed by atoms with Gasteiger partial charge in [-0.15, -0.1) is 0 Å². The second-order valence-electron chi connectivity index (χ2n) is 12.2. The van der Waals surface area contributed by atoms with E-state index in [1.54, 1.807) is 5.57 Å². The predicted octanol–water partition coefficient (Wildman–Crippen LogP) is 10.5. The third-order valence-electron chi connectivity index (χ3n) is 10.3. The Morgan fingerprint density at radius 2 is 1.57 bits per heavy atom. The Morgan fingerprint density at radius 1 is 0.700 bits per heavy atom. The van der Waals surface area contributed by atoms with Crippen molar-refractivity contribution in [2.24, 2.45) is 11.8 Å². The molecule has 0 nitrogen and oxygen atoms in total. The maximum atomic E-state index is 2.59. The minimum absolute atomic E-state index is 0.410. The van der Waals surface area contributed by atoms with Crippen molar-refractivity contribution in [1.29, 1.82) is 0 Å². The van der Waals surface area contributed by atoms with Gasteiger partial charge in [-0.05, 0) is 126 Å². The van der Waals surface area contributed by atoms with Gasteiger partial charge < -0.3 is 0 Å². The molecule has 0 spiro atoms. The summed E-state index contributed by atoms with van der Waals surface area (Å²) in [6.45, 7) is 0. The molecule has 40 heavy (non-hydrogen) atoms. The van der Waals surface area contributed by atoms with Crippen LogP contribution in [0.15, 0.2) is 120 Å².